The lowest BCUT2D eigenvalue weighted by molar-refractivity contribution is -0.147. The second kappa shape index (κ2) is 10.9. The van der Waals surface area contributed by atoms with Crippen LogP contribution in [0.4, 0.5) is 5.69 Å². The summed E-state index contributed by atoms with van der Waals surface area (Å²) in [5.41, 5.74) is 2.28. The van der Waals surface area contributed by atoms with Gasteiger partial charge in [0.1, 0.15) is 10.6 Å². The Labute approximate surface area is 204 Å². The maximum atomic E-state index is 13.1. The summed E-state index contributed by atoms with van der Waals surface area (Å²) in [5, 5.41) is 3.65. The Morgan fingerprint density at radius 3 is 2.63 bits per heavy atom. The lowest BCUT2D eigenvalue weighted by atomic mass is 10.1. The van der Waals surface area contributed by atoms with E-state index < -0.39 is 28.5 Å². The van der Waals surface area contributed by atoms with Crippen molar-refractivity contribution in [2.24, 2.45) is 0 Å². The number of hydrogen-bond donors (Lipinski definition) is 2. The van der Waals surface area contributed by atoms with E-state index >= 15 is 0 Å². The fourth-order valence-corrected chi connectivity index (χ4v) is 5.89. The van der Waals surface area contributed by atoms with Gasteiger partial charge in [0.15, 0.2) is 6.61 Å². The largest absolute Gasteiger partial charge is 0.495 e. The molecule has 0 radical (unpaired) electrons. The Bertz CT molecular complexity index is 1310. The van der Waals surface area contributed by atoms with E-state index in [0.717, 1.165) is 35.7 Å². The van der Waals surface area contributed by atoms with E-state index in [4.69, 9.17) is 9.47 Å². The molecule has 186 valence electrons. The lowest BCUT2D eigenvalue weighted by Crippen LogP contribution is -2.35. The molecule has 1 fully saturated rings. The van der Waals surface area contributed by atoms with Crippen LogP contribution in [0.3, 0.4) is 0 Å². The van der Waals surface area contributed by atoms with Crippen molar-refractivity contribution in [1.82, 2.24) is 9.29 Å². The average Bonchev–Trinajstić information content (AvgIpc) is 3.30. The van der Waals surface area contributed by atoms with Gasteiger partial charge in [-0.1, -0.05) is 24.6 Å². The molecule has 3 aromatic rings. The number of rotatable bonds is 9. The number of aromatic amines is 1. The third kappa shape index (κ3) is 5.83. The fourth-order valence-electron chi connectivity index (χ4n) is 4.19. The maximum Gasteiger partial charge on any atom is 0.306 e. The minimum Gasteiger partial charge on any atom is -0.495 e. The van der Waals surface area contributed by atoms with Gasteiger partial charge in [0.25, 0.3) is 5.91 Å². The third-order valence-electron chi connectivity index (χ3n) is 6.02. The Morgan fingerprint density at radius 1 is 1.09 bits per heavy atom. The summed E-state index contributed by atoms with van der Waals surface area (Å²) in [5.74, 6) is -0.845. The molecule has 1 aliphatic rings. The van der Waals surface area contributed by atoms with Crippen molar-refractivity contribution in [3.8, 4) is 5.75 Å². The van der Waals surface area contributed by atoms with Crippen LogP contribution in [0.1, 0.15) is 31.2 Å². The first-order valence-electron chi connectivity index (χ1n) is 11.6. The number of nitrogens with zero attached hydrogens (tertiary/aromatic N) is 1. The van der Waals surface area contributed by atoms with Gasteiger partial charge in [-0.25, -0.2) is 8.42 Å². The number of methoxy groups -OCH3 is 1. The zero-order chi connectivity index (χ0) is 24.8. The van der Waals surface area contributed by atoms with Gasteiger partial charge in [-0.2, -0.15) is 4.31 Å². The van der Waals surface area contributed by atoms with E-state index in [9.17, 15) is 18.0 Å². The predicted molar refractivity (Wildman–Crippen MR) is 132 cm³/mol. The summed E-state index contributed by atoms with van der Waals surface area (Å²) in [6.45, 7) is 0.445. The summed E-state index contributed by atoms with van der Waals surface area (Å²) in [6.07, 6.45) is 5.10. The van der Waals surface area contributed by atoms with Crippen molar-refractivity contribution in [1.29, 1.82) is 0 Å². The van der Waals surface area contributed by atoms with E-state index in [2.05, 4.69) is 10.3 Å². The number of benzene rings is 2. The fraction of sp³-hybridized carbons (Fsp3) is 0.360. The molecular formula is C25H29N3O6S. The summed E-state index contributed by atoms with van der Waals surface area (Å²) in [4.78, 5) is 27.7. The molecule has 9 nitrogen and oxygen atoms in total. The molecule has 0 aliphatic carbocycles. The van der Waals surface area contributed by atoms with Crippen molar-refractivity contribution in [3.63, 3.8) is 0 Å². The number of H-pyrrole nitrogens is 1. The number of nitrogens with one attached hydrogen (secondary N) is 2. The van der Waals surface area contributed by atoms with E-state index in [1.54, 1.807) is 6.07 Å². The topological polar surface area (TPSA) is 118 Å². The molecule has 2 heterocycles. The van der Waals surface area contributed by atoms with Crippen LogP contribution in [0.2, 0.25) is 0 Å². The highest BCUT2D eigenvalue weighted by atomic mass is 32.2. The van der Waals surface area contributed by atoms with Crippen LogP contribution in [0.5, 0.6) is 5.75 Å². The highest BCUT2D eigenvalue weighted by Gasteiger charge is 2.29. The van der Waals surface area contributed by atoms with Crippen LogP contribution in [0.25, 0.3) is 10.9 Å². The van der Waals surface area contributed by atoms with Crippen molar-refractivity contribution in [2.45, 2.75) is 37.0 Å². The summed E-state index contributed by atoms with van der Waals surface area (Å²) in [7, 11) is -2.36. The van der Waals surface area contributed by atoms with Crippen LogP contribution in [-0.4, -0.2) is 56.4 Å². The minimum absolute atomic E-state index is 0.00424. The zero-order valence-electron chi connectivity index (χ0n) is 19.6. The van der Waals surface area contributed by atoms with Crippen molar-refractivity contribution in [2.75, 3.05) is 32.1 Å². The van der Waals surface area contributed by atoms with Crippen molar-refractivity contribution >= 4 is 38.5 Å². The molecule has 4 rings (SSSR count). The molecule has 1 aromatic heterocycles. The number of ether oxygens (including phenoxy) is 2. The molecule has 0 atom stereocenters. The summed E-state index contributed by atoms with van der Waals surface area (Å²) < 4.78 is 38.1. The van der Waals surface area contributed by atoms with Crippen LogP contribution >= 0.6 is 0 Å². The Hall–Kier alpha value is -3.37. The summed E-state index contributed by atoms with van der Waals surface area (Å²) >= 11 is 0. The SMILES string of the molecule is COc1ccc(NC(=O)COC(=O)CCc2c[nH]c3ccccc23)cc1S(=O)(=O)N1CCCCC1. The number of hydrogen-bond acceptors (Lipinski definition) is 6. The first-order valence-corrected chi connectivity index (χ1v) is 13.0. The Kier molecular flexibility index (Phi) is 7.72. The van der Waals surface area contributed by atoms with Gasteiger partial charge in [-0.05, 0) is 49.1 Å². The molecule has 0 unspecified atom stereocenters. The standard InChI is InChI=1S/C25H29N3O6S/c1-33-22-11-10-19(15-23(22)35(31,32)28-13-5-2-6-14-28)27-24(29)17-34-25(30)12-9-18-16-26-21-8-4-3-7-20(18)21/h3-4,7-8,10-11,15-16,26H,2,5-6,9,12-14,17H2,1H3,(H,27,29). The zero-order valence-corrected chi connectivity index (χ0v) is 20.4. The van der Waals surface area contributed by atoms with Crippen molar-refractivity contribution in [3.05, 3.63) is 54.2 Å². The molecule has 10 heteroatoms. The van der Waals surface area contributed by atoms with Gasteiger partial charge < -0.3 is 19.8 Å². The smallest absolute Gasteiger partial charge is 0.306 e. The number of anilines is 1. The first kappa shape index (κ1) is 24.7. The molecular weight excluding hydrogens is 470 g/mol. The predicted octanol–water partition coefficient (Wildman–Crippen LogP) is 3.47. The van der Waals surface area contributed by atoms with Gasteiger partial charge >= 0.3 is 5.97 Å². The normalized spacial score (nSPS) is 14.5. The second-order valence-corrected chi connectivity index (χ2v) is 10.3. The second-order valence-electron chi connectivity index (χ2n) is 8.40. The minimum atomic E-state index is -3.76. The average molecular weight is 500 g/mol. The summed E-state index contributed by atoms with van der Waals surface area (Å²) in [6, 6.07) is 12.2. The van der Waals surface area contributed by atoms with Gasteiger partial charge in [0.05, 0.1) is 7.11 Å². The molecule has 1 amide bonds. The number of para-hydroxylation sites is 1. The maximum absolute atomic E-state index is 13.1. The molecule has 1 aliphatic heterocycles. The van der Waals surface area contributed by atoms with E-state index in [1.165, 1.54) is 23.5 Å². The molecule has 1 saturated heterocycles. The number of esters is 1. The van der Waals surface area contributed by atoms with Gasteiger partial charge in [-0.3, -0.25) is 9.59 Å². The van der Waals surface area contributed by atoms with Crippen LogP contribution < -0.4 is 10.1 Å². The monoisotopic (exact) mass is 499 g/mol. The quantitative estimate of drug-likeness (QED) is 0.436. The number of carbonyl (C=O) groups excluding carboxylic acids is 2. The van der Waals surface area contributed by atoms with Crippen LogP contribution in [0, 0.1) is 0 Å². The molecule has 35 heavy (non-hydrogen) atoms. The molecule has 0 saturated carbocycles. The number of aromatic nitrogens is 1. The highest BCUT2D eigenvalue weighted by molar-refractivity contribution is 7.89. The Balaban J connectivity index is 1.33. The number of fused-ring (bicyclic) bond motifs is 1. The number of amides is 1. The van der Waals surface area contributed by atoms with Crippen LogP contribution in [-0.2, 0) is 30.8 Å². The number of piperidine rings is 1. The van der Waals surface area contributed by atoms with E-state index in [0.29, 0.717) is 19.5 Å². The Morgan fingerprint density at radius 2 is 1.86 bits per heavy atom. The number of carbonyl (C=O) groups is 2. The highest BCUT2D eigenvalue weighted by Crippen LogP contribution is 2.31. The lowest BCUT2D eigenvalue weighted by Gasteiger charge is -2.26. The van der Waals surface area contributed by atoms with Crippen molar-refractivity contribution < 1.29 is 27.5 Å². The van der Waals surface area contributed by atoms with E-state index in [1.807, 2.05) is 30.5 Å². The van der Waals surface area contributed by atoms with Crippen LogP contribution in [0.15, 0.2) is 53.6 Å². The van der Waals surface area contributed by atoms with Gasteiger partial charge in [0.2, 0.25) is 10.0 Å². The third-order valence-corrected chi connectivity index (χ3v) is 7.94. The molecule has 2 aromatic carbocycles. The number of aryl methyl sites for hydroxylation is 1. The number of sulfonamides is 1. The first-order chi connectivity index (χ1) is 16.9. The molecule has 0 bridgehead atoms. The molecule has 2 N–H and O–H groups in total. The van der Waals surface area contributed by atoms with Gasteiger partial charge in [-0.15, -0.1) is 0 Å². The molecule has 0 spiro atoms. The van der Waals surface area contributed by atoms with Gasteiger partial charge in [0, 0.05) is 42.3 Å². The van der Waals surface area contributed by atoms with E-state index in [-0.39, 0.29) is 22.8 Å².